The largest absolute Gasteiger partial charge is 0.497 e. The predicted molar refractivity (Wildman–Crippen MR) is 130 cm³/mol. The molecular weight excluding hydrogens is 430 g/mol. The summed E-state index contributed by atoms with van der Waals surface area (Å²) in [5, 5.41) is 0.853. The average Bonchev–Trinajstić information content (AvgIpc) is 3.43. The van der Waals surface area contributed by atoms with E-state index in [9.17, 15) is 4.79 Å². The van der Waals surface area contributed by atoms with Crippen LogP contribution >= 0.6 is 0 Å². The molecule has 0 N–H and O–H groups in total. The lowest BCUT2D eigenvalue weighted by atomic mass is 10.0. The maximum absolute atomic E-state index is 13.6. The van der Waals surface area contributed by atoms with E-state index in [1.807, 2.05) is 65.6 Å². The molecule has 34 heavy (non-hydrogen) atoms. The number of benzene rings is 2. The van der Waals surface area contributed by atoms with Crippen LogP contribution in [0, 0.1) is 0 Å². The minimum Gasteiger partial charge on any atom is -0.497 e. The Morgan fingerprint density at radius 1 is 0.971 bits per heavy atom. The number of furan rings is 1. The molecule has 0 radical (unpaired) electrons. The number of rotatable bonds is 6. The number of methoxy groups -OCH3 is 2. The number of hydrogen-bond donors (Lipinski definition) is 0. The zero-order valence-corrected chi connectivity index (χ0v) is 19.4. The fraction of sp³-hybridized carbons (Fsp3) is 0.259. The number of pyridine rings is 1. The van der Waals surface area contributed by atoms with Gasteiger partial charge >= 0.3 is 0 Å². The smallest absolute Gasteiger partial charge is 0.254 e. The van der Waals surface area contributed by atoms with Gasteiger partial charge in [0, 0.05) is 43.7 Å². The molecule has 0 saturated carbocycles. The van der Waals surface area contributed by atoms with Crippen LogP contribution in [0.2, 0.25) is 0 Å². The summed E-state index contributed by atoms with van der Waals surface area (Å²) in [7, 11) is 3.34. The van der Waals surface area contributed by atoms with E-state index in [4.69, 9.17) is 18.9 Å². The highest BCUT2D eigenvalue weighted by Gasteiger charge is 2.25. The van der Waals surface area contributed by atoms with Crippen LogP contribution in [0.15, 0.2) is 71.3 Å². The summed E-state index contributed by atoms with van der Waals surface area (Å²) in [5.41, 5.74) is 3.17. The molecule has 0 spiro atoms. The van der Waals surface area contributed by atoms with E-state index in [1.165, 1.54) is 0 Å². The zero-order chi connectivity index (χ0) is 23.5. The fourth-order valence-electron chi connectivity index (χ4n) is 4.43. The van der Waals surface area contributed by atoms with E-state index in [0.717, 1.165) is 47.6 Å². The van der Waals surface area contributed by atoms with Crippen molar-refractivity contribution in [3.05, 3.63) is 78.1 Å². The number of ether oxygens (including phenoxy) is 2. The monoisotopic (exact) mass is 457 g/mol. The predicted octanol–water partition coefficient (Wildman–Crippen LogP) is 4.47. The van der Waals surface area contributed by atoms with Crippen molar-refractivity contribution in [2.75, 3.05) is 40.4 Å². The Morgan fingerprint density at radius 3 is 2.53 bits per heavy atom. The summed E-state index contributed by atoms with van der Waals surface area (Å²) in [6.07, 6.45) is 1.62. The van der Waals surface area contributed by atoms with Crippen molar-refractivity contribution in [1.82, 2.24) is 14.8 Å². The van der Waals surface area contributed by atoms with Crippen LogP contribution in [0.1, 0.15) is 15.9 Å². The van der Waals surface area contributed by atoms with Crippen molar-refractivity contribution in [2.45, 2.75) is 6.54 Å². The van der Waals surface area contributed by atoms with Crippen molar-refractivity contribution >= 4 is 16.8 Å². The van der Waals surface area contributed by atoms with E-state index in [0.29, 0.717) is 30.1 Å². The first-order chi connectivity index (χ1) is 16.7. The number of fused-ring (bicyclic) bond motifs is 1. The van der Waals surface area contributed by atoms with Gasteiger partial charge in [-0.15, -0.1) is 0 Å². The van der Waals surface area contributed by atoms with Gasteiger partial charge in [-0.2, -0.15) is 0 Å². The highest BCUT2D eigenvalue weighted by Crippen LogP contribution is 2.28. The van der Waals surface area contributed by atoms with Gasteiger partial charge < -0.3 is 18.8 Å². The number of aromatic nitrogens is 1. The van der Waals surface area contributed by atoms with Crippen LogP contribution in [-0.2, 0) is 6.54 Å². The zero-order valence-electron chi connectivity index (χ0n) is 19.4. The molecule has 1 fully saturated rings. The molecule has 0 atom stereocenters. The van der Waals surface area contributed by atoms with Gasteiger partial charge in [0.05, 0.1) is 31.6 Å². The Bertz CT molecular complexity index is 1290. The molecule has 3 heterocycles. The van der Waals surface area contributed by atoms with Crippen LogP contribution in [-0.4, -0.2) is 61.1 Å². The molecule has 174 valence electrons. The standard InChI is InChI=1S/C27H27N3O4/c1-32-20-9-10-25(33-2)19(16-20)18-29-11-13-30(14-12-29)27(31)22-17-24(26-8-5-15-34-26)28-23-7-4-3-6-21(22)23/h3-10,15-17H,11-14,18H2,1-2H3. The van der Waals surface area contributed by atoms with E-state index in [2.05, 4.69) is 4.90 Å². The Hall–Kier alpha value is -3.84. The van der Waals surface area contributed by atoms with Crippen LogP contribution in [0.3, 0.4) is 0 Å². The number of piperazine rings is 1. The summed E-state index contributed by atoms with van der Waals surface area (Å²) < 4.78 is 16.4. The minimum atomic E-state index is 0.0185. The van der Waals surface area contributed by atoms with Gasteiger partial charge in [0.2, 0.25) is 0 Å². The van der Waals surface area contributed by atoms with Gasteiger partial charge in [0.25, 0.3) is 5.91 Å². The summed E-state index contributed by atoms with van der Waals surface area (Å²) >= 11 is 0. The average molecular weight is 458 g/mol. The first kappa shape index (κ1) is 22.0. The van der Waals surface area contributed by atoms with Crippen LogP contribution in [0.5, 0.6) is 11.5 Å². The third-order valence-electron chi connectivity index (χ3n) is 6.26. The van der Waals surface area contributed by atoms with Crippen molar-refractivity contribution in [3.8, 4) is 23.0 Å². The van der Waals surface area contributed by atoms with E-state index >= 15 is 0 Å². The van der Waals surface area contributed by atoms with E-state index < -0.39 is 0 Å². The molecule has 5 rings (SSSR count). The van der Waals surface area contributed by atoms with Gasteiger partial charge in [0.1, 0.15) is 17.2 Å². The van der Waals surface area contributed by atoms with E-state index in [1.54, 1.807) is 20.5 Å². The third kappa shape index (κ3) is 4.34. The molecule has 0 unspecified atom stereocenters. The van der Waals surface area contributed by atoms with Crippen LogP contribution in [0.25, 0.3) is 22.4 Å². The number of carbonyl (C=O) groups excluding carboxylic acids is 1. The molecule has 2 aromatic heterocycles. The number of nitrogens with zero attached hydrogens (tertiary/aromatic N) is 3. The Balaban J connectivity index is 1.34. The molecule has 0 bridgehead atoms. The molecule has 1 aliphatic heterocycles. The van der Waals surface area contributed by atoms with Crippen molar-refractivity contribution in [2.24, 2.45) is 0 Å². The summed E-state index contributed by atoms with van der Waals surface area (Å²) in [4.78, 5) is 22.6. The first-order valence-electron chi connectivity index (χ1n) is 11.3. The lowest BCUT2D eigenvalue weighted by molar-refractivity contribution is 0.0629. The number of hydrogen-bond acceptors (Lipinski definition) is 6. The van der Waals surface area contributed by atoms with Gasteiger partial charge in [-0.3, -0.25) is 9.69 Å². The molecule has 2 aromatic carbocycles. The van der Waals surface area contributed by atoms with E-state index in [-0.39, 0.29) is 5.91 Å². The van der Waals surface area contributed by atoms with Gasteiger partial charge in [-0.05, 0) is 42.5 Å². The SMILES string of the molecule is COc1ccc(OC)c(CN2CCN(C(=O)c3cc(-c4ccco4)nc4ccccc34)CC2)c1. The second kappa shape index (κ2) is 9.57. The number of amides is 1. The summed E-state index contributed by atoms with van der Waals surface area (Å²) in [6, 6.07) is 19.1. The highest BCUT2D eigenvalue weighted by atomic mass is 16.5. The highest BCUT2D eigenvalue weighted by molar-refractivity contribution is 6.07. The maximum Gasteiger partial charge on any atom is 0.254 e. The second-order valence-electron chi connectivity index (χ2n) is 8.30. The molecule has 0 aliphatic carbocycles. The second-order valence-corrected chi connectivity index (χ2v) is 8.30. The van der Waals surface area contributed by atoms with Crippen LogP contribution in [0.4, 0.5) is 0 Å². The van der Waals surface area contributed by atoms with Crippen molar-refractivity contribution < 1.29 is 18.7 Å². The molecule has 1 amide bonds. The van der Waals surface area contributed by atoms with Crippen molar-refractivity contribution in [1.29, 1.82) is 0 Å². The normalized spacial score (nSPS) is 14.4. The molecule has 1 saturated heterocycles. The molecule has 7 heteroatoms. The molecular formula is C27H27N3O4. The Morgan fingerprint density at radius 2 is 1.79 bits per heavy atom. The minimum absolute atomic E-state index is 0.0185. The van der Waals surface area contributed by atoms with Crippen molar-refractivity contribution in [3.63, 3.8) is 0 Å². The summed E-state index contributed by atoms with van der Waals surface area (Å²) in [5.74, 6) is 2.32. The number of carbonyl (C=O) groups is 1. The van der Waals surface area contributed by atoms with Gasteiger partial charge in [-0.1, -0.05) is 18.2 Å². The lowest BCUT2D eigenvalue weighted by Crippen LogP contribution is -2.48. The quantitative estimate of drug-likeness (QED) is 0.426. The maximum atomic E-state index is 13.6. The van der Waals surface area contributed by atoms with Crippen LogP contribution < -0.4 is 9.47 Å². The third-order valence-corrected chi connectivity index (χ3v) is 6.26. The Labute approximate surface area is 198 Å². The first-order valence-corrected chi connectivity index (χ1v) is 11.3. The topological polar surface area (TPSA) is 68.0 Å². The summed E-state index contributed by atoms with van der Waals surface area (Å²) in [6.45, 7) is 3.60. The fourth-order valence-corrected chi connectivity index (χ4v) is 4.43. The van der Waals surface area contributed by atoms with Gasteiger partial charge in [-0.25, -0.2) is 4.98 Å². The molecule has 1 aliphatic rings. The lowest BCUT2D eigenvalue weighted by Gasteiger charge is -2.35. The molecule has 7 nitrogen and oxygen atoms in total. The van der Waals surface area contributed by atoms with Gasteiger partial charge in [0.15, 0.2) is 5.76 Å². The number of para-hydroxylation sites is 1. The Kier molecular flexibility index (Phi) is 6.18. The molecule has 4 aromatic rings.